The summed E-state index contributed by atoms with van der Waals surface area (Å²) in [6.07, 6.45) is 0.632. The molecule has 110 valence electrons. The van der Waals surface area contributed by atoms with Crippen LogP contribution in [0, 0.1) is 11.8 Å². The Hall–Kier alpha value is -1.39. The third kappa shape index (κ3) is 5.72. The molecule has 0 bridgehead atoms. The van der Waals surface area contributed by atoms with Gasteiger partial charge in [0.05, 0.1) is 4.90 Å². The average Bonchev–Trinajstić information content (AvgIpc) is 2.45. The van der Waals surface area contributed by atoms with E-state index in [-0.39, 0.29) is 11.5 Å². The van der Waals surface area contributed by atoms with Crippen LogP contribution in [0.5, 0.6) is 0 Å². The Kier molecular flexibility index (Phi) is 7.26. The van der Waals surface area contributed by atoms with Crippen molar-refractivity contribution in [3.8, 4) is 11.8 Å². The molecule has 0 radical (unpaired) electrons. The van der Waals surface area contributed by atoms with E-state index in [9.17, 15) is 8.42 Å². The van der Waals surface area contributed by atoms with Gasteiger partial charge in [-0.1, -0.05) is 11.8 Å². The van der Waals surface area contributed by atoms with E-state index in [1.807, 2.05) is 6.92 Å². The van der Waals surface area contributed by atoms with Crippen molar-refractivity contribution in [2.75, 3.05) is 26.4 Å². The second-order valence-electron chi connectivity index (χ2n) is 3.93. The molecular weight excluding hydrogens is 278 g/mol. The van der Waals surface area contributed by atoms with Crippen LogP contribution in [-0.4, -0.2) is 39.9 Å². The quantitative estimate of drug-likeness (QED) is 0.575. The zero-order chi connectivity index (χ0) is 14.8. The van der Waals surface area contributed by atoms with Crippen LogP contribution in [0.2, 0.25) is 0 Å². The number of aliphatic hydroxyl groups is 1. The van der Waals surface area contributed by atoms with E-state index in [4.69, 9.17) is 9.84 Å². The van der Waals surface area contributed by atoms with Crippen molar-refractivity contribution < 1.29 is 18.3 Å². The van der Waals surface area contributed by atoms with Gasteiger partial charge in [-0.05, 0) is 37.6 Å². The van der Waals surface area contributed by atoms with Crippen molar-refractivity contribution in [1.29, 1.82) is 0 Å². The number of benzene rings is 1. The molecule has 6 heteroatoms. The number of aliphatic hydroxyl groups excluding tert-OH is 1. The van der Waals surface area contributed by atoms with Crippen molar-refractivity contribution in [3.05, 3.63) is 29.8 Å². The van der Waals surface area contributed by atoms with Gasteiger partial charge in [-0.2, -0.15) is 0 Å². The van der Waals surface area contributed by atoms with Gasteiger partial charge in [0.15, 0.2) is 0 Å². The van der Waals surface area contributed by atoms with E-state index in [1.54, 1.807) is 12.1 Å². The van der Waals surface area contributed by atoms with Crippen molar-refractivity contribution in [2.45, 2.75) is 18.2 Å². The summed E-state index contributed by atoms with van der Waals surface area (Å²) in [5.74, 6) is 5.21. The molecule has 0 aliphatic carbocycles. The summed E-state index contributed by atoms with van der Waals surface area (Å²) in [5, 5.41) is 8.58. The van der Waals surface area contributed by atoms with Gasteiger partial charge in [0.25, 0.3) is 0 Å². The molecule has 0 spiro atoms. The summed E-state index contributed by atoms with van der Waals surface area (Å²) in [6, 6.07) is 6.20. The lowest BCUT2D eigenvalue weighted by Crippen LogP contribution is -2.25. The molecule has 0 saturated heterocycles. The summed E-state index contributed by atoms with van der Waals surface area (Å²) in [5.41, 5.74) is 0.661. The van der Waals surface area contributed by atoms with Crippen LogP contribution in [-0.2, 0) is 14.8 Å². The van der Waals surface area contributed by atoms with Gasteiger partial charge in [-0.15, -0.1) is 0 Å². The van der Waals surface area contributed by atoms with Crippen molar-refractivity contribution >= 4 is 10.0 Å². The number of rotatable bonds is 7. The van der Waals surface area contributed by atoms with Crippen LogP contribution >= 0.6 is 0 Å². The summed E-state index contributed by atoms with van der Waals surface area (Å²) < 4.78 is 31.6. The molecule has 0 heterocycles. The Labute approximate surface area is 120 Å². The Morgan fingerprint density at radius 2 is 2.00 bits per heavy atom. The maximum absolute atomic E-state index is 12.0. The third-order valence-electron chi connectivity index (χ3n) is 2.44. The molecule has 1 aromatic rings. The molecule has 0 aliphatic heterocycles. The highest BCUT2D eigenvalue weighted by molar-refractivity contribution is 7.89. The number of hydrogen-bond acceptors (Lipinski definition) is 4. The zero-order valence-corrected chi connectivity index (χ0v) is 12.2. The van der Waals surface area contributed by atoms with Gasteiger partial charge >= 0.3 is 0 Å². The normalized spacial score (nSPS) is 10.9. The first-order valence-electron chi connectivity index (χ1n) is 6.37. The molecule has 1 aromatic carbocycles. The zero-order valence-electron chi connectivity index (χ0n) is 11.4. The van der Waals surface area contributed by atoms with E-state index >= 15 is 0 Å². The molecule has 0 atom stereocenters. The van der Waals surface area contributed by atoms with E-state index in [2.05, 4.69) is 16.6 Å². The highest BCUT2D eigenvalue weighted by Crippen LogP contribution is 2.09. The maximum atomic E-state index is 12.0. The fourth-order valence-electron chi connectivity index (χ4n) is 1.47. The van der Waals surface area contributed by atoms with Gasteiger partial charge in [0.2, 0.25) is 10.0 Å². The molecule has 20 heavy (non-hydrogen) atoms. The molecule has 1 rings (SSSR count). The summed E-state index contributed by atoms with van der Waals surface area (Å²) in [6.45, 7) is 3.18. The summed E-state index contributed by atoms with van der Waals surface area (Å²) in [7, 11) is -3.49. The van der Waals surface area contributed by atoms with Gasteiger partial charge in [0.1, 0.15) is 6.61 Å². The summed E-state index contributed by atoms with van der Waals surface area (Å²) >= 11 is 0. The highest BCUT2D eigenvalue weighted by Gasteiger charge is 2.12. The van der Waals surface area contributed by atoms with Crippen LogP contribution < -0.4 is 4.72 Å². The fourth-order valence-corrected chi connectivity index (χ4v) is 2.54. The first-order valence-corrected chi connectivity index (χ1v) is 7.85. The molecule has 0 aliphatic rings. The minimum Gasteiger partial charge on any atom is -0.384 e. The minimum atomic E-state index is -3.49. The molecule has 0 saturated carbocycles. The fraction of sp³-hybridized carbons (Fsp3) is 0.429. The lowest BCUT2D eigenvalue weighted by molar-refractivity contribution is 0.146. The Bertz CT molecular complexity index is 555. The number of ether oxygens (including phenoxy) is 1. The molecule has 0 fully saturated rings. The maximum Gasteiger partial charge on any atom is 0.240 e. The van der Waals surface area contributed by atoms with Crippen LogP contribution in [0.25, 0.3) is 0 Å². The molecular formula is C14H19NO4S. The molecule has 5 nitrogen and oxygen atoms in total. The minimum absolute atomic E-state index is 0.198. The van der Waals surface area contributed by atoms with Gasteiger partial charge < -0.3 is 9.84 Å². The van der Waals surface area contributed by atoms with Crippen LogP contribution in [0.15, 0.2) is 29.2 Å². The predicted octanol–water partition coefficient (Wildman–Crippen LogP) is 0.735. The Balaban J connectivity index is 2.59. The largest absolute Gasteiger partial charge is 0.384 e. The van der Waals surface area contributed by atoms with E-state index < -0.39 is 10.0 Å². The Morgan fingerprint density at radius 3 is 2.60 bits per heavy atom. The van der Waals surface area contributed by atoms with E-state index in [1.165, 1.54) is 12.1 Å². The molecule has 0 aromatic heterocycles. The average molecular weight is 297 g/mol. The van der Waals surface area contributed by atoms with E-state index in [0.29, 0.717) is 31.7 Å². The SMILES string of the molecule is CCOCCCNS(=O)(=O)c1ccc(C#CCO)cc1. The smallest absolute Gasteiger partial charge is 0.240 e. The second kappa shape index (κ2) is 8.72. The second-order valence-corrected chi connectivity index (χ2v) is 5.70. The van der Waals surface area contributed by atoms with E-state index in [0.717, 1.165) is 0 Å². The van der Waals surface area contributed by atoms with Crippen LogP contribution in [0.3, 0.4) is 0 Å². The van der Waals surface area contributed by atoms with Crippen molar-refractivity contribution in [3.63, 3.8) is 0 Å². The highest BCUT2D eigenvalue weighted by atomic mass is 32.2. The van der Waals surface area contributed by atoms with Crippen LogP contribution in [0.1, 0.15) is 18.9 Å². The lowest BCUT2D eigenvalue weighted by atomic mass is 10.2. The molecule has 0 amide bonds. The number of hydrogen-bond donors (Lipinski definition) is 2. The first kappa shape index (κ1) is 16.7. The van der Waals surface area contributed by atoms with Gasteiger partial charge in [0, 0.05) is 25.3 Å². The van der Waals surface area contributed by atoms with Crippen molar-refractivity contribution in [2.24, 2.45) is 0 Å². The monoisotopic (exact) mass is 297 g/mol. The first-order chi connectivity index (χ1) is 9.60. The van der Waals surface area contributed by atoms with Gasteiger partial charge in [-0.25, -0.2) is 13.1 Å². The predicted molar refractivity (Wildman–Crippen MR) is 76.7 cm³/mol. The number of nitrogens with one attached hydrogen (secondary N) is 1. The lowest BCUT2D eigenvalue weighted by Gasteiger charge is -2.06. The molecule has 0 unspecified atom stereocenters. The third-order valence-corrected chi connectivity index (χ3v) is 3.91. The van der Waals surface area contributed by atoms with Gasteiger partial charge in [-0.3, -0.25) is 0 Å². The van der Waals surface area contributed by atoms with Crippen LogP contribution in [0.4, 0.5) is 0 Å². The number of sulfonamides is 1. The molecule has 2 N–H and O–H groups in total. The van der Waals surface area contributed by atoms with Crippen molar-refractivity contribution in [1.82, 2.24) is 4.72 Å². The summed E-state index contributed by atoms with van der Waals surface area (Å²) in [4.78, 5) is 0.198. The topological polar surface area (TPSA) is 75.6 Å². The standard InChI is InChI=1S/C14H19NO4S/c1-2-19-12-4-10-15-20(17,18)14-8-6-13(7-9-14)5-3-11-16/h6-9,15-16H,2,4,10-12H2,1H3. The Morgan fingerprint density at radius 1 is 1.30 bits per heavy atom.